The molecular formula is C16H19N3O2. The molecule has 5 heteroatoms. The van der Waals surface area contributed by atoms with Crippen LogP contribution >= 0.6 is 0 Å². The summed E-state index contributed by atoms with van der Waals surface area (Å²) >= 11 is 0. The van der Waals surface area contributed by atoms with Crippen molar-refractivity contribution in [1.29, 1.82) is 0 Å². The first kappa shape index (κ1) is 15.0. The molecule has 0 spiro atoms. The van der Waals surface area contributed by atoms with Gasteiger partial charge in [0.15, 0.2) is 0 Å². The second-order valence-corrected chi connectivity index (χ2v) is 4.86. The second kappa shape index (κ2) is 6.35. The molecule has 0 radical (unpaired) electrons. The molecule has 0 bridgehead atoms. The number of carbonyl (C=O) groups excluding carboxylic acids is 1. The van der Waals surface area contributed by atoms with Gasteiger partial charge in [-0.2, -0.15) is 0 Å². The topological polar surface area (TPSA) is 64.1 Å². The van der Waals surface area contributed by atoms with Crippen molar-refractivity contribution in [1.82, 2.24) is 9.97 Å². The quantitative estimate of drug-likeness (QED) is 0.873. The summed E-state index contributed by atoms with van der Waals surface area (Å²) in [6, 6.07) is 6.10. The summed E-state index contributed by atoms with van der Waals surface area (Å²) in [4.78, 5) is 20.2. The Labute approximate surface area is 124 Å². The Balaban J connectivity index is 2.22. The summed E-state index contributed by atoms with van der Waals surface area (Å²) in [7, 11) is 0. The molecule has 2 aromatic rings. The summed E-state index contributed by atoms with van der Waals surface area (Å²) < 4.78 is 4.96. The number of rotatable bonds is 4. The molecule has 5 nitrogen and oxygen atoms in total. The van der Waals surface area contributed by atoms with E-state index in [1.54, 1.807) is 13.8 Å². The number of nitrogens with one attached hydrogen (secondary N) is 1. The van der Waals surface area contributed by atoms with Crippen molar-refractivity contribution in [3.05, 3.63) is 46.8 Å². The first-order valence-corrected chi connectivity index (χ1v) is 6.86. The van der Waals surface area contributed by atoms with Crippen LogP contribution in [0.15, 0.2) is 24.4 Å². The Morgan fingerprint density at radius 3 is 2.67 bits per heavy atom. The lowest BCUT2D eigenvalue weighted by atomic mass is 10.1. The highest BCUT2D eigenvalue weighted by Crippen LogP contribution is 2.20. The largest absolute Gasteiger partial charge is 0.462 e. The lowest BCUT2D eigenvalue weighted by Gasteiger charge is -2.10. The minimum Gasteiger partial charge on any atom is -0.462 e. The van der Waals surface area contributed by atoms with Gasteiger partial charge < -0.3 is 10.1 Å². The number of esters is 1. The molecule has 1 aromatic carbocycles. The zero-order valence-electron chi connectivity index (χ0n) is 12.7. The van der Waals surface area contributed by atoms with Gasteiger partial charge >= 0.3 is 5.97 Å². The van der Waals surface area contributed by atoms with Crippen LogP contribution in [-0.2, 0) is 4.74 Å². The van der Waals surface area contributed by atoms with E-state index in [1.165, 1.54) is 11.8 Å². The summed E-state index contributed by atoms with van der Waals surface area (Å²) in [5.41, 5.74) is 4.25. The Morgan fingerprint density at radius 1 is 1.29 bits per heavy atom. The fourth-order valence-electron chi connectivity index (χ4n) is 2.01. The number of carbonyl (C=O) groups is 1. The zero-order valence-corrected chi connectivity index (χ0v) is 12.7. The molecule has 0 aliphatic rings. The molecule has 2 rings (SSSR count). The molecule has 0 fully saturated rings. The molecule has 21 heavy (non-hydrogen) atoms. The number of nitrogens with zero attached hydrogens (tertiary/aromatic N) is 2. The molecule has 1 aromatic heterocycles. The Kier molecular flexibility index (Phi) is 4.52. The molecule has 1 heterocycles. The third kappa shape index (κ3) is 3.56. The number of benzene rings is 1. The third-order valence-electron chi connectivity index (χ3n) is 3.10. The van der Waals surface area contributed by atoms with Gasteiger partial charge in [-0.1, -0.05) is 17.7 Å². The number of ether oxygens (including phenoxy) is 1. The second-order valence-electron chi connectivity index (χ2n) is 4.86. The average molecular weight is 285 g/mol. The molecular weight excluding hydrogens is 266 g/mol. The van der Waals surface area contributed by atoms with Crippen LogP contribution in [0.3, 0.4) is 0 Å². The molecule has 110 valence electrons. The first-order valence-electron chi connectivity index (χ1n) is 6.86. The van der Waals surface area contributed by atoms with E-state index in [4.69, 9.17) is 4.74 Å². The highest BCUT2D eigenvalue weighted by atomic mass is 16.5. The van der Waals surface area contributed by atoms with E-state index >= 15 is 0 Å². The van der Waals surface area contributed by atoms with Crippen molar-refractivity contribution < 1.29 is 9.53 Å². The molecule has 0 saturated heterocycles. The van der Waals surface area contributed by atoms with Gasteiger partial charge in [0, 0.05) is 11.9 Å². The fourth-order valence-corrected chi connectivity index (χ4v) is 2.01. The Bertz CT molecular complexity index is 669. The summed E-state index contributed by atoms with van der Waals surface area (Å²) in [5, 5.41) is 3.16. The molecule has 0 atom stereocenters. The fraction of sp³-hybridized carbons (Fsp3) is 0.312. The van der Waals surface area contributed by atoms with Crippen LogP contribution in [0.4, 0.5) is 11.6 Å². The average Bonchev–Trinajstić information content (AvgIpc) is 2.42. The van der Waals surface area contributed by atoms with Gasteiger partial charge in [-0.3, -0.25) is 0 Å². The maximum Gasteiger partial charge on any atom is 0.341 e. The Morgan fingerprint density at radius 2 is 2.05 bits per heavy atom. The van der Waals surface area contributed by atoms with E-state index in [-0.39, 0.29) is 0 Å². The van der Waals surface area contributed by atoms with Crippen molar-refractivity contribution >= 4 is 17.6 Å². The van der Waals surface area contributed by atoms with Gasteiger partial charge in [0.25, 0.3) is 0 Å². The summed E-state index contributed by atoms with van der Waals surface area (Å²) in [6.07, 6.45) is 1.49. The normalized spacial score (nSPS) is 10.3. The van der Waals surface area contributed by atoms with E-state index in [9.17, 15) is 4.79 Å². The number of hydrogen-bond acceptors (Lipinski definition) is 5. The predicted octanol–water partition coefficient (Wildman–Crippen LogP) is 3.32. The molecule has 1 N–H and O–H groups in total. The maximum atomic E-state index is 11.7. The SMILES string of the molecule is CCOC(=O)c1cnc(Nc2ccc(C)cc2C)nc1C. The summed E-state index contributed by atoms with van der Waals surface area (Å²) in [6.45, 7) is 7.94. The van der Waals surface area contributed by atoms with Crippen LogP contribution in [0.1, 0.15) is 34.1 Å². The number of anilines is 2. The van der Waals surface area contributed by atoms with Gasteiger partial charge in [-0.05, 0) is 39.3 Å². The van der Waals surface area contributed by atoms with Crippen LogP contribution in [0.25, 0.3) is 0 Å². The van der Waals surface area contributed by atoms with Crippen molar-refractivity contribution in [3.8, 4) is 0 Å². The van der Waals surface area contributed by atoms with E-state index in [2.05, 4.69) is 21.4 Å². The number of aromatic nitrogens is 2. The number of hydrogen-bond donors (Lipinski definition) is 1. The van der Waals surface area contributed by atoms with E-state index in [0.717, 1.165) is 11.3 Å². The van der Waals surface area contributed by atoms with Gasteiger partial charge in [-0.15, -0.1) is 0 Å². The molecule has 0 saturated carbocycles. The zero-order chi connectivity index (χ0) is 15.4. The number of aryl methyl sites for hydroxylation is 3. The lowest BCUT2D eigenvalue weighted by Crippen LogP contribution is -2.10. The van der Waals surface area contributed by atoms with Gasteiger partial charge in [-0.25, -0.2) is 14.8 Å². The minimum atomic E-state index is -0.395. The van der Waals surface area contributed by atoms with Crippen LogP contribution in [0, 0.1) is 20.8 Å². The van der Waals surface area contributed by atoms with Crippen LogP contribution < -0.4 is 5.32 Å². The Hall–Kier alpha value is -2.43. The van der Waals surface area contributed by atoms with Crippen molar-refractivity contribution in [3.63, 3.8) is 0 Å². The standard InChI is InChI=1S/C16H19N3O2/c1-5-21-15(20)13-9-17-16(18-12(13)4)19-14-7-6-10(2)8-11(14)3/h6-9H,5H2,1-4H3,(H,17,18,19). The molecule has 0 aliphatic heterocycles. The molecule has 0 unspecified atom stereocenters. The van der Waals surface area contributed by atoms with Crippen LogP contribution in [0.5, 0.6) is 0 Å². The van der Waals surface area contributed by atoms with Crippen molar-refractivity contribution in [2.24, 2.45) is 0 Å². The van der Waals surface area contributed by atoms with E-state index in [0.29, 0.717) is 23.8 Å². The molecule has 0 amide bonds. The monoisotopic (exact) mass is 285 g/mol. The van der Waals surface area contributed by atoms with Crippen LogP contribution in [0.2, 0.25) is 0 Å². The van der Waals surface area contributed by atoms with Gasteiger partial charge in [0.2, 0.25) is 5.95 Å². The minimum absolute atomic E-state index is 0.334. The smallest absolute Gasteiger partial charge is 0.341 e. The van der Waals surface area contributed by atoms with Gasteiger partial charge in [0.1, 0.15) is 0 Å². The predicted molar refractivity (Wildman–Crippen MR) is 81.9 cm³/mol. The summed E-state index contributed by atoms with van der Waals surface area (Å²) in [5.74, 6) is 0.0700. The maximum absolute atomic E-state index is 11.7. The lowest BCUT2D eigenvalue weighted by molar-refractivity contribution is 0.0524. The van der Waals surface area contributed by atoms with Crippen molar-refractivity contribution in [2.45, 2.75) is 27.7 Å². The first-order chi connectivity index (χ1) is 10.0. The van der Waals surface area contributed by atoms with E-state index in [1.807, 2.05) is 26.0 Å². The van der Waals surface area contributed by atoms with E-state index < -0.39 is 5.97 Å². The van der Waals surface area contributed by atoms with Crippen molar-refractivity contribution in [2.75, 3.05) is 11.9 Å². The molecule has 0 aliphatic carbocycles. The highest BCUT2D eigenvalue weighted by molar-refractivity contribution is 5.90. The third-order valence-corrected chi connectivity index (χ3v) is 3.10. The van der Waals surface area contributed by atoms with Gasteiger partial charge in [0.05, 0.1) is 17.9 Å². The highest BCUT2D eigenvalue weighted by Gasteiger charge is 2.13. The van der Waals surface area contributed by atoms with Crippen LogP contribution in [-0.4, -0.2) is 22.5 Å².